The first kappa shape index (κ1) is 25.7. The van der Waals surface area contributed by atoms with Gasteiger partial charge in [0.2, 0.25) is 5.91 Å². The van der Waals surface area contributed by atoms with Crippen LogP contribution in [0, 0.1) is 5.41 Å². The zero-order valence-corrected chi connectivity index (χ0v) is 21.2. The van der Waals surface area contributed by atoms with Crippen LogP contribution in [0.25, 0.3) is 0 Å². The Labute approximate surface area is 214 Å². The lowest BCUT2D eigenvalue weighted by atomic mass is 9.77. The van der Waals surface area contributed by atoms with Crippen molar-refractivity contribution in [2.75, 3.05) is 31.1 Å². The third kappa shape index (κ3) is 5.88. The van der Waals surface area contributed by atoms with E-state index in [-0.39, 0.29) is 5.41 Å². The molecule has 1 atom stereocenters. The molecule has 188 valence electrons. The van der Waals surface area contributed by atoms with Gasteiger partial charge in [0.05, 0.1) is 5.41 Å². The molecule has 2 N–H and O–H groups in total. The van der Waals surface area contributed by atoms with Crippen molar-refractivity contribution in [3.63, 3.8) is 0 Å². The first-order valence-electron chi connectivity index (χ1n) is 12.1. The van der Waals surface area contributed by atoms with E-state index in [4.69, 9.17) is 31.4 Å². The Morgan fingerprint density at radius 1 is 1.03 bits per heavy atom. The Morgan fingerprint density at radius 3 is 2.34 bits per heavy atom. The predicted molar refractivity (Wildman–Crippen MR) is 136 cm³/mol. The molecule has 1 spiro atoms. The molecule has 2 saturated heterocycles. The normalized spacial score (nSPS) is 21.3. The second kappa shape index (κ2) is 11.1. The summed E-state index contributed by atoms with van der Waals surface area (Å²) in [4.78, 5) is 37.7. The number of amides is 1. The lowest BCUT2D eigenvalue weighted by Crippen LogP contribution is -2.45. The Hall–Kier alpha value is -2.42. The molecule has 5 rings (SSSR count). The Bertz CT molecular complexity index is 1050. The van der Waals surface area contributed by atoms with Gasteiger partial charge < -0.3 is 20.0 Å². The number of anilines is 1. The van der Waals surface area contributed by atoms with E-state index in [0.29, 0.717) is 5.91 Å². The Balaban J connectivity index is 0.000000431. The minimum Gasteiger partial charge on any atom is -0.473 e. The van der Waals surface area contributed by atoms with Crippen LogP contribution in [0.15, 0.2) is 35.7 Å². The quantitative estimate of drug-likeness (QED) is 0.559. The topological polar surface area (TPSA) is 98.1 Å². The Morgan fingerprint density at radius 2 is 1.69 bits per heavy atom. The van der Waals surface area contributed by atoms with Gasteiger partial charge in [0.25, 0.3) is 0 Å². The number of aliphatic carboxylic acids is 2. The molecule has 3 aliphatic rings. The second-order valence-corrected chi connectivity index (χ2v) is 11.0. The Kier molecular flexibility index (Phi) is 8.14. The van der Waals surface area contributed by atoms with E-state index < -0.39 is 11.9 Å². The van der Waals surface area contributed by atoms with Gasteiger partial charge in [0.15, 0.2) is 0 Å². The monoisotopic (exact) mass is 518 g/mol. The van der Waals surface area contributed by atoms with Crippen LogP contribution in [0.3, 0.4) is 0 Å². The molecule has 0 radical (unpaired) electrons. The zero-order valence-electron chi connectivity index (χ0n) is 19.6. The number of benzene rings is 1. The molecule has 1 aromatic carbocycles. The number of nitrogens with zero attached hydrogens (tertiary/aromatic N) is 2. The van der Waals surface area contributed by atoms with Gasteiger partial charge in [-0.05, 0) is 112 Å². The summed E-state index contributed by atoms with van der Waals surface area (Å²) >= 11 is 7.95. The number of aryl methyl sites for hydroxylation is 1. The van der Waals surface area contributed by atoms with Gasteiger partial charge in [0.1, 0.15) is 0 Å². The van der Waals surface area contributed by atoms with Crippen LogP contribution in [0.2, 0.25) is 5.02 Å². The number of likely N-dealkylation sites (tertiary alicyclic amines) is 1. The number of thiophene rings is 1. The average molecular weight is 519 g/mol. The third-order valence-corrected chi connectivity index (χ3v) is 8.87. The molecule has 1 aliphatic carbocycles. The smallest absolute Gasteiger partial charge is 0.414 e. The number of fused-ring (bicyclic) bond motifs is 1. The number of hydrogen-bond acceptors (Lipinski definition) is 5. The first-order chi connectivity index (χ1) is 16.8. The molecular formula is C26H31ClN2O5S. The van der Waals surface area contributed by atoms with Crippen LogP contribution in [0.4, 0.5) is 5.69 Å². The van der Waals surface area contributed by atoms with Crippen LogP contribution in [-0.2, 0) is 20.8 Å². The number of halogens is 1. The van der Waals surface area contributed by atoms with E-state index in [9.17, 15) is 4.79 Å². The number of carbonyl (C=O) groups is 3. The maximum atomic E-state index is 13.3. The van der Waals surface area contributed by atoms with E-state index >= 15 is 0 Å². The fourth-order valence-corrected chi connectivity index (χ4v) is 6.71. The van der Waals surface area contributed by atoms with Crippen LogP contribution >= 0.6 is 22.9 Å². The number of carboxylic acids is 2. The molecule has 2 aromatic rings. The van der Waals surface area contributed by atoms with Crippen LogP contribution < -0.4 is 4.90 Å². The summed E-state index contributed by atoms with van der Waals surface area (Å²) in [6.07, 6.45) is 8.23. The SMILES string of the molecule is O=C(O)C(=O)O.O=C1N(c2ccc(Cl)cc2)CCC12CCN(CCC1CCCc3sccc31)CC2. The average Bonchev–Trinajstić information content (AvgIpc) is 3.45. The number of hydrogen-bond donors (Lipinski definition) is 2. The van der Waals surface area contributed by atoms with Crippen molar-refractivity contribution in [3.8, 4) is 0 Å². The minimum atomic E-state index is -1.82. The lowest BCUT2D eigenvalue weighted by Gasteiger charge is -2.38. The van der Waals surface area contributed by atoms with Crippen molar-refractivity contribution < 1.29 is 24.6 Å². The minimum absolute atomic E-state index is 0.137. The third-order valence-electron chi connectivity index (χ3n) is 7.62. The largest absolute Gasteiger partial charge is 0.473 e. The molecule has 0 bridgehead atoms. The van der Waals surface area contributed by atoms with Gasteiger partial charge >= 0.3 is 11.9 Å². The molecular weight excluding hydrogens is 488 g/mol. The summed E-state index contributed by atoms with van der Waals surface area (Å²) in [5, 5.41) is 17.8. The zero-order chi connectivity index (χ0) is 25.0. The summed E-state index contributed by atoms with van der Waals surface area (Å²) < 4.78 is 0. The van der Waals surface area contributed by atoms with E-state index in [1.54, 1.807) is 10.4 Å². The van der Waals surface area contributed by atoms with Crippen molar-refractivity contribution in [1.82, 2.24) is 4.90 Å². The highest BCUT2D eigenvalue weighted by molar-refractivity contribution is 7.10. The van der Waals surface area contributed by atoms with Gasteiger partial charge in [-0.1, -0.05) is 11.6 Å². The van der Waals surface area contributed by atoms with Crippen molar-refractivity contribution in [3.05, 3.63) is 51.2 Å². The van der Waals surface area contributed by atoms with Crippen molar-refractivity contribution >= 4 is 46.5 Å². The van der Waals surface area contributed by atoms with Crippen molar-refractivity contribution in [1.29, 1.82) is 0 Å². The highest BCUT2D eigenvalue weighted by atomic mass is 35.5. The molecule has 1 unspecified atom stereocenters. The summed E-state index contributed by atoms with van der Waals surface area (Å²) in [6, 6.07) is 10.1. The van der Waals surface area contributed by atoms with E-state index in [1.165, 1.54) is 32.2 Å². The summed E-state index contributed by atoms with van der Waals surface area (Å²) in [5.41, 5.74) is 2.48. The molecule has 9 heteroatoms. The molecule has 1 amide bonds. The fourth-order valence-electron chi connectivity index (χ4n) is 5.58. The second-order valence-electron chi connectivity index (χ2n) is 9.59. The van der Waals surface area contributed by atoms with E-state index in [0.717, 1.165) is 55.5 Å². The van der Waals surface area contributed by atoms with Gasteiger partial charge in [-0.3, -0.25) is 4.79 Å². The molecule has 2 fully saturated rings. The maximum Gasteiger partial charge on any atom is 0.414 e. The van der Waals surface area contributed by atoms with Crippen LogP contribution in [0.1, 0.15) is 54.9 Å². The van der Waals surface area contributed by atoms with Crippen molar-refractivity contribution in [2.45, 2.75) is 50.9 Å². The lowest BCUT2D eigenvalue weighted by molar-refractivity contribution is -0.159. The molecule has 0 saturated carbocycles. The predicted octanol–water partition coefficient (Wildman–Crippen LogP) is 4.89. The van der Waals surface area contributed by atoms with Crippen LogP contribution in [0.5, 0.6) is 0 Å². The van der Waals surface area contributed by atoms with Gasteiger partial charge in [-0.15, -0.1) is 11.3 Å². The van der Waals surface area contributed by atoms with E-state index in [1.807, 2.05) is 40.5 Å². The highest BCUT2D eigenvalue weighted by Crippen LogP contribution is 2.44. The van der Waals surface area contributed by atoms with E-state index in [2.05, 4.69) is 16.3 Å². The number of rotatable bonds is 4. The van der Waals surface area contributed by atoms with Gasteiger partial charge in [0, 0.05) is 22.1 Å². The number of carbonyl (C=O) groups excluding carboxylic acids is 1. The number of piperidine rings is 1. The molecule has 3 heterocycles. The van der Waals surface area contributed by atoms with Crippen molar-refractivity contribution in [2.24, 2.45) is 5.41 Å². The van der Waals surface area contributed by atoms with Crippen LogP contribution in [-0.4, -0.2) is 59.1 Å². The molecule has 35 heavy (non-hydrogen) atoms. The summed E-state index contributed by atoms with van der Waals surface area (Å²) in [6.45, 7) is 4.13. The number of carboxylic acid groups (broad SMARTS) is 2. The standard InChI is InChI=1S/C24H29ClN2OS.C2H2O4/c25-19-4-6-20(7-5-19)27-16-12-24(23(27)28)10-14-26(15-11-24)13-8-18-2-1-3-22-21(18)9-17-29-22;3-1(4)2(5)6/h4-7,9,17-18H,1-3,8,10-16H2;(H,3,4)(H,5,6). The maximum absolute atomic E-state index is 13.3. The summed E-state index contributed by atoms with van der Waals surface area (Å²) in [5.74, 6) is -2.57. The van der Waals surface area contributed by atoms with Gasteiger partial charge in [-0.2, -0.15) is 0 Å². The summed E-state index contributed by atoms with van der Waals surface area (Å²) in [7, 11) is 0. The molecule has 2 aliphatic heterocycles. The molecule has 1 aromatic heterocycles. The van der Waals surface area contributed by atoms with Gasteiger partial charge in [-0.25, -0.2) is 9.59 Å². The highest BCUT2D eigenvalue weighted by Gasteiger charge is 2.48. The molecule has 7 nitrogen and oxygen atoms in total. The first-order valence-corrected chi connectivity index (χ1v) is 13.4. The fraction of sp³-hybridized carbons (Fsp3) is 0.500.